The Labute approximate surface area is 170 Å². The Kier molecular flexibility index (Phi) is 6.93. The minimum Gasteiger partial charge on any atom is -0.493 e. The van der Waals surface area contributed by atoms with Gasteiger partial charge in [-0.2, -0.15) is 0 Å². The van der Waals surface area contributed by atoms with Gasteiger partial charge in [0.1, 0.15) is 5.75 Å². The SMILES string of the molecule is Cc1c(Cl)cccc1NC(=O)CNc1ccc(OCCc2ccccc2)cc1. The number of benzene rings is 3. The third kappa shape index (κ3) is 5.76. The molecule has 0 atom stereocenters. The van der Waals surface area contributed by atoms with Crippen LogP contribution in [0.3, 0.4) is 0 Å². The van der Waals surface area contributed by atoms with Crippen molar-refractivity contribution in [3.8, 4) is 5.75 Å². The Hall–Kier alpha value is -2.98. The zero-order valence-corrected chi connectivity index (χ0v) is 16.5. The van der Waals surface area contributed by atoms with Crippen LogP contribution in [0.4, 0.5) is 11.4 Å². The van der Waals surface area contributed by atoms with E-state index in [1.807, 2.05) is 61.5 Å². The molecular formula is C23H23ClN2O2. The van der Waals surface area contributed by atoms with E-state index in [2.05, 4.69) is 22.8 Å². The van der Waals surface area contributed by atoms with Gasteiger partial charge in [0.2, 0.25) is 5.91 Å². The molecule has 0 heterocycles. The summed E-state index contributed by atoms with van der Waals surface area (Å²) < 4.78 is 5.77. The van der Waals surface area contributed by atoms with Gasteiger partial charge >= 0.3 is 0 Å². The topological polar surface area (TPSA) is 50.4 Å². The number of carbonyl (C=O) groups excluding carboxylic acids is 1. The molecule has 0 spiro atoms. The molecule has 3 aromatic carbocycles. The first kappa shape index (κ1) is 19.8. The molecule has 0 aliphatic rings. The lowest BCUT2D eigenvalue weighted by atomic mass is 10.2. The quantitative estimate of drug-likeness (QED) is 0.543. The van der Waals surface area contributed by atoms with Crippen LogP contribution in [0.2, 0.25) is 5.02 Å². The molecule has 5 heteroatoms. The highest BCUT2D eigenvalue weighted by molar-refractivity contribution is 6.31. The zero-order valence-electron chi connectivity index (χ0n) is 15.7. The molecule has 2 N–H and O–H groups in total. The van der Waals surface area contributed by atoms with Crippen LogP contribution in [-0.2, 0) is 11.2 Å². The average Bonchev–Trinajstić information content (AvgIpc) is 2.72. The Balaban J connectivity index is 1.43. The molecule has 0 aromatic heterocycles. The number of amides is 1. The second-order valence-corrected chi connectivity index (χ2v) is 6.83. The van der Waals surface area contributed by atoms with Crippen LogP contribution in [0, 0.1) is 6.92 Å². The van der Waals surface area contributed by atoms with Crippen molar-refractivity contribution in [1.29, 1.82) is 0 Å². The first-order chi connectivity index (χ1) is 13.6. The van der Waals surface area contributed by atoms with Crippen LogP contribution in [0.15, 0.2) is 72.8 Å². The molecule has 0 radical (unpaired) electrons. The maximum absolute atomic E-state index is 12.2. The van der Waals surface area contributed by atoms with E-state index in [-0.39, 0.29) is 12.5 Å². The fraction of sp³-hybridized carbons (Fsp3) is 0.174. The van der Waals surface area contributed by atoms with Gasteiger partial charge in [-0.15, -0.1) is 0 Å². The number of nitrogens with one attached hydrogen (secondary N) is 2. The number of anilines is 2. The van der Waals surface area contributed by atoms with E-state index in [4.69, 9.17) is 16.3 Å². The van der Waals surface area contributed by atoms with Crippen molar-refractivity contribution in [2.75, 3.05) is 23.8 Å². The maximum atomic E-state index is 12.2. The molecule has 0 bridgehead atoms. The second kappa shape index (κ2) is 9.81. The van der Waals surface area contributed by atoms with Gasteiger partial charge in [-0.05, 0) is 54.4 Å². The number of rotatable bonds is 8. The first-order valence-corrected chi connectivity index (χ1v) is 9.55. The van der Waals surface area contributed by atoms with E-state index >= 15 is 0 Å². The van der Waals surface area contributed by atoms with E-state index in [0.29, 0.717) is 11.6 Å². The first-order valence-electron chi connectivity index (χ1n) is 9.17. The predicted molar refractivity (Wildman–Crippen MR) is 115 cm³/mol. The molecule has 0 aliphatic heterocycles. The Morgan fingerprint density at radius 3 is 2.46 bits per heavy atom. The lowest BCUT2D eigenvalue weighted by Crippen LogP contribution is -2.22. The summed E-state index contributed by atoms with van der Waals surface area (Å²) in [5.41, 5.74) is 3.69. The van der Waals surface area contributed by atoms with Crippen LogP contribution in [0.5, 0.6) is 5.75 Å². The zero-order chi connectivity index (χ0) is 19.8. The number of ether oxygens (including phenoxy) is 1. The molecule has 0 fully saturated rings. The smallest absolute Gasteiger partial charge is 0.243 e. The largest absolute Gasteiger partial charge is 0.493 e. The Morgan fingerprint density at radius 2 is 1.71 bits per heavy atom. The highest BCUT2D eigenvalue weighted by Gasteiger charge is 2.06. The summed E-state index contributed by atoms with van der Waals surface area (Å²) in [6.07, 6.45) is 0.865. The number of halogens is 1. The summed E-state index contributed by atoms with van der Waals surface area (Å²) in [5, 5.41) is 6.61. The molecule has 0 aliphatic carbocycles. The van der Waals surface area contributed by atoms with Gasteiger partial charge in [0, 0.05) is 22.8 Å². The predicted octanol–water partition coefficient (Wildman–Crippen LogP) is 5.32. The van der Waals surface area contributed by atoms with Gasteiger partial charge in [-0.1, -0.05) is 48.0 Å². The van der Waals surface area contributed by atoms with E-state index < -0.39 is 0 Å². The number of carbonyl (C=O) groups is 1. The van der Waals surface area contributed by atoms with Crippen molar-refractivity contribution >= 4 is 28.9 Å². The van der Waals surface area contributed by atoms with Gasteiger partial charge in [0.15, 0.2) is 0 Å². The molecule has 0 saturated heterocycles. The fourth-order valence-corrected chi connectivity index (χ4v) is 2.89. The Bertz CT molecular complexity index is 912. The summed E-state index contributed by atoms with van der Waals surface area (Å²) in [6.45, 7) is 2.67. The summed E-state index contributed by atoms with van der Waals surface area (Å²) in [7, 11) is 0. The lowest BCUT2D eigenvalue weighted by molar-refractivity contribution is -0.114. The van der Waals surface area contributed by atoms with Crippen LogP contribution >= 0.6 is 11.6 Å². The van der Waals surface area contributed by atoms with E-state index in [0.717, 1.165) is 29.1 Å². The van der Waals surface area contributed by atoms with Crippen molar-refractivity contribution in [2.45, 2.75) is 13.3 Å². The van der Waals surface area contributed by atoms with Crippen molar-refractivity contribution in [3.63, 3.8) is 0 Å². The van der Waals surface area contributed by atoms with Crippen LogP contribution < -0.4 is 15.4 Å². The van der Waals surface area contributed by atoms with E-state index in [1.165, 1.54) is 5.56 Å². The van der Waals surface area contributed by atoms with Gasteiger partial charge in [-0.3, -0.25) is 4.79 Å². The maximum Gasteiger partial charge on any atom is 0.243 e. The number of hydrogen-bond acceptors (Lipinski definition) is 3. The molecule has 0 saturated carbocycles. The molecule has 144 valence electrons. The van der Waals surface area contributed by atoms with E-state index in [9.17, 15) is 4.79 Å². The summed E-state index contributed by atoms with van der Waals surface area (Å²) >= 11 is 6.08. The van der Waals surface area contributed by atoms with Crippen molar-refractivity contribution in [1.82, 2.24) is 0 Å². The molecular weight excluding hydrogens is 372 g/mol. The monoisotopic (exact) mass is 394 g/mol. The fourth-order valence-electron chi connectivity index (χ4n) is 2.72. The average molecular weight is 395 g/mol. The normalized spacial score (nSPS) is 10.4. The van der Waals surface area contributed by atoms with Crippen LogP contribution in [0.25, 0.3) is 0 Å². The molecule has 3 rings (SSSR count). The van der Waals surface area contributed by atoms with Crippen LogP contribution in [0.1, 0.15) is 11.1 Å². The Morgan fingerprint density at radius 1 is 0.964 bits per heavy atom. The summed E-state index contributed by atoms with van der Waals surface area (Å²) in [6, 6.07) is 23.3. The van der Waals surface area contributed by atoms with Gasteiger partial charge < -0.3 is 15.4 Å². The number of hydrogen-bond donors (Lipinski definition) is 2. The summed E-state index contributed by atoms with van der Waals surface area (Å²) in [4.78, 5) is 12.2. The van der Waals surface area contributed by atoms with Gasteiger partial charge in [-0.25, -0.2) is 0 Å². The van der Waals surface area contributed by atoms with Crippen molar-refractivity contribution < 1.29 is 9.53 Å². The van der Waals surface area contributed by atoms with Crippen molar-refractivity contribution in [3.05, 3.63) is 88.9 Å². The highest BCUT2D eigenvalue weighted by Crippen LogP contribution is 2.23. The van der Waals surface area contributed by atoms with Crippen molar-refractivity contribution in [2.24, 2.45) is 0 Å². The molecule has 0 unspecified atom stereocenters. The van der Waals surface area contributed by atoms with Gasteiger partial charge in [0.05, 0.1) is 13.2 Å². The second-order valence-electron chi connectivity index (χ2n) is 6.42. The summed E-state index contributed by atoms with van der Waals surface area (Å²) in [5.74, 6) is 0.675. The lowest BCUT2D eigenvalue weighted by Gasteiger charge is -2.11. The molecule has 28 heavy (non-hydrogen) atoms. The van der Waals surface area contributed by atoms with Crippen LogP contribution in [-0.4, -0.2) is 19.1 Å². The highest BCUT2D eigenvalue weighted by atomic mass is 35.5. The minimum atomic E-state index is -0.131. The molecule has 3 aromatic rings. The third-order valence-corrected chi connectivity index (χ3v) is 4.76. The molecule has 1 amide bonds. The minimum absolute atomic E-state index is 0.131. The standard InChI is InChI=1S/C23H23ClN2O2/c1-17-21(24)8-5-9-22(17)26-23(27)16-25-19-10-12-20(13-11-19)28-15-14-18-6-3-2-4-7-18/h2-13,25H,14-16H2,1H3,(H,26,27). The molecule has 4 nitrogen and oxygen atoms in total. The van der Waals surface area contributed by atoms with E-state index in [1.54, 1.807) is 6.07 Å². The third-order valence-electron chi connectivity index (χ3n) is 4.35. The van der Waals surface area contributed by atoms with Gasteiger partial charge in [0.25, 0.3) is 0 Å².